The summed E-state index contributed by atoms with van der Waals surface area (Å²) in [7, 11) is 0. The van der Waals surface area contributed by atoms with Gasteiger partial charge in [-0.3, -0.25) is 9.78 Å². The van der Waals surface area contributed by atoms with Crippen LogP contribution in [0, 0.1) is 5.82 Å². The molecule has 2 heterocycles. The number of pyridine rings is 1. The summed E-state index contributed by atoms with van der Waals surface area (Å²) < 4.78 is 13.0. The predicted molar refractivity (Wildman–Crippen MR) is 91.2 cm³/mol. The fourth-order valence-corrected chi connectivity index (χ4v) is 3.15. The van der Waals surface area contributed by atoms with Gasteiger partial charge in [0.25, 0.3) is 0 Å². The van der Waals surface area contributed by atoms with Crippen LogP contribution in [0.1, 0.15) is 17.0 Å². The standard InChI is InChI=1S/C20H17FN2O/c21-18-6-4-15(5-7-18)17-12-23(13-17)20(24)11-14-3-8-19-16(10-14)2-1-9-22-19/h1-10,17H,11-13H2. The molecule has 1 aliphatic heterocycles. The zero-order valence-corrected chi connectivity index (χ0v) is 13.2. The zero-order valence-electron chi connectivity index (χ0n) is 13.2. The number of hydrogen-bond acceptors (Lipinski definition) is 2. The van der Waals surface area contributed by atoms with E-state index in [2.05, 4.69) is 4.98 Å². The molecular formula is C20H17FN2O. The molecule has 1 aliphatic rings. The molecule has 24 heavy (non-hydrogen) atoms. The lowest BCUT2D eigenvalue weighted by atomic mass is 9.91. The Bertz CT molecular complexity index is 886. The highest BCUT2D eigenvalue weighted by molar-refractivity contribution is 5.83. The van der Waals surface area contributed by atoms with Crippen molar-refractivity contribution in [3.8, 4) is 0 Å². The van der Waals surface area contributed by atoms with E-state index in [0.29, 0.717) is 25.4 Å². The fraction of sp³-hybridized carbons (Fsp3) is 0.200. The third-order valence-corrected chi connectivity index (χ3v) is 4.60. The van der Waals surface area contributed by atoms with Crippen molar-refractivity contribution in [2.75, 3.05) is 13.1 Å². The number of benzene rings is 2. The molecule has 0 spiro atoms. The lowest BCUT2D eigenvalue weighted by Gasteiger charge is -2.39. The lowest BCUT2D eigenvalue weighted by molar-refractivity contribution is -0.134. The Morgan fingerprint density at radius 1 is 1.12 bits per heavy atom. The van der Waals surface area contributed by atoms with Gasteiger partial charge in [0.2, 0.25) is 5.91 Å². The van der Waals surface area contributed by atoms with Crippen molar-refractivity contribution >= 4 is 16.8 Å². The Hall–Kier alpha value is -2.75. The maximum atomic E-state index is 13.0. The third kappa shape index (κ3) is 2.87. The summed E-state index contributed by atoms with van der Waals surface area (Å²) in [6.07, 6.45) is 2.17. The van der Waals surface area contributed by atoms with Crippen LogP contribution in [0.15, 0.2) is 60.8 Å². The average Bonchev–Trinajstić information content (AvgIpc) is 2.55. The molecule has 120 valence electrons. The normalized spacial score (nSPS) is 14.6. The molecule has 1 fully saturated rings. The van der Waals surface area contributed by atoms with Gasteiger partial charge in [-0.25, -0.2) is 4.39 Å². The van der Waals surface area contributed by atoms with Gasteiger partial charge < -0.3 is 4.90 Å². The van der Waals surface area contributed by atoms with Crippen LogP contribution >= 0.6 is 0 Å². The number of carbonyl (C=O) groups is 1. The molecule has 4 heteroatoms. The number of halogens is 1. The smallest absolute Gasteiger partial charge is 0.227 e. The summed E-state index contributed by atoms with van der Waals surface area (Å²) in [5, 5.41) is 1.05. The number of fused-ring (bicyclic) bond motifs is 1. The van der Waals surface area contributed by atoms with Crippen molar-refractivity contribution in [1.29, 1.82) is 0 Å². The molecule has 0 bridgehead atoms. The largest absolute Gasteiger partial charge is 0.341 e. The van der Waals surface area contributed by atoms with Crippen molar-refractivity contribution in [2.24, 2.45) is 0 Å². The Morgan fingerprint density at radius 2 is 1.92 bits per heavy atom. The van der Waals surface area contributed by atoms with Gasteiger partial charge in [-0.1, -0.05) is 24.3 Å². The highest BCUT2D eigenvalue weighted by Gasteiger charge is 2.31. The molecule has 0 atom stereocenters. The fourth-order valence-electron chi connectivity index (χ4n) is 3.15. The van der Waals surface area contributed by atoms with Gasteiger partial charge in [-0.15, -0.1) is 0 Å². The SMILES string of the molecule is O=C(Cc1ccc2ncccc2c1)N1CC(c2ccc(F)cc2)C1. The molecule has 0 radical (unpaired) electrons. The van der Waals surface area contributed by atoms with Crippen LogP contribution in [-0.4, -0.2) is 28.9 Å². The topological polar surface area (TPSA) is 33.2 Å². The van der Waals surface area contributed by atoms with Crippen LogP contribution in [0.3, 0.4) is 0 Å². The number of amides is 1. The van der Waals surface area contributed by atoms with Crippen LogP contribution in [-0.2, 0) is 11.2 Å². The number of nitrogens with zero attached hydrogens (tertiary/aromatic N) is 2. The van der Waals surface area contributed by atoms with Crippen LogP contribution in [0.2, 0.25) is 0 Å². The minimum atomic E-state index is -0.225. The molecule has 3 aromatic rings. The van der Waals surface area contributed by atoms with Crippen LogP contribution in [0.4, 0.5) is 4.39 Å². The minimum Gasteiger partial charge on any atom is -0.341 e. The summed E-state index contributed by atoms with van der Waals surface area (Å²) in [5.41, 5.74) is 3.04. The molecule has 0 saturated carbocycles. The number of carbonyl (C=O) groups excluding carboxylic acids is 1. The van der Waals surface area contributed by atoms with Crippen molar-refractivity contribution < 1.29 is 9.18 Å². The quantitative estimate of drug-likeness (QED) is 0.739. The van der Waals surface area contributed by atoms with E-state index in [9.17, 15) is 9.18 Å². The van der Waals surface area contributed by atoms with E-state index in [0.717, 1.165) is 22.0 Å². The number of hydrogen-bond donors (Lipinski definition) is 0. The molecule has 4 rings (SSSR count). The van der Waals surface area contributed by atoms with E-state index >= 15 is 0 Å². The second-order valence-electron chi connectivity index (χ2n) is 6.25. The molecular weight excluding hydrogens is 303 g/mol. The van der Waals surface area contributed by atoms with Gasteiger partial charge in [0.1, 0.15) is 5.82 Å². The van der Waals surface area contributed by atoms with Gasteiger partial charge in [0, 0.05) is 30.6 Å². The first-order chi connectivity index (χ1) is 11.7. The van der Waals surface area contributed by atoms with E-state index in [-0.39, 0.29) is 11.7 Å². The molecule has 1 aromatic heterocycles. The van der Waals surface area contributed by atoms with Crippen molar-refractivity contribution in [1.82, 2.24) is 9.88 Å². The van der Waals surface area contributed by atoms with E-state index in [4.69, 9.17) is 0 Å². The molecule has 0 unspecified atom stereocenters. The number of aromatic nitrogens is 1. The Balaban J connectivity index is 1.39. The first kappa shape index (κ1) is 14.8. The van der Waals surface area contributed by atoms with Crippen LogP contribution < -0.4 is 0 Å². The zero-order chi connectivity index (χ0) is 16.5. The van der Waals surface area contributed by atoms with E-state index in [1.54, 1.807) is 18.3 Å². The molecule has 1 amide bonds. The van der Waals surface area contributed by atoms with Gasteiger partial charge in [0.15, 0.2) is 0 Å². The van der Waals surface area contributed by atoms with Crippen molar-refractivity contribution in [2.45, 2.75) is 12.3 Å². The van der Waals surface area contributed by atoms with Gasteiger partial charge in [0.05, 0.1) is 11.9 Å². The van der Waals surface area contributed by atoms with Gasteiger partial charge >= 0.3 is 0 Å². The second kappa shape index (κ2) is 6.04. The Kier molecular flexibility index (Phi) is 3.73. The van der Waals surface area contributed by atoms with E-state index < -0.39 is 0 Å². The summed E-state index contributed by atoms with van der Waals surface area (Å²) in [5.74, 6) is 0.226. The van der Waals surface area contributed by atoms with Gasteiger partial charge in [-0.2, -0.15) is 0 Å². The molecule has 3 nitrogen and oxygen atoms in total. The monoisotopic (exact) mass is 320 g/mol. The number of rotatable bonds is 3. The highest BCUT2D eigenvalue weighted by atomic mass is 19.1. The molecule has 2 aromatic carbocycles. The van der Waals surface area contributed by atoms with Gasteiger partial charge in [-0.05, 0) is 41.5 Å². The van der Waals surface area contributed by atoms with Crippen LogP contribution in [0.25, 0.3) is 10.9 Å². The summed E-state index contributed by atoms with van der Waals surface area (Å²) in [4.78, 5) is 18.6. The highest BCUT2D eigenvalue weighted by Crippen LogP contribution is 2.27. The minimum absolute atomic E-state index is 0.136. The maximum Gasteiger partial charge on any atom is 0.227 e. The molecule has 0 N–H and O–H groups in total. The molecule has 1 saturated heterocycles. The predicted octanol–water partition coefficient (Wildman–Crippen LogP) is 3.54. The Morgan fingerprint density at radius 3 is 2.71 bits per heavy atom. The first-order valence-corrected chi connectivity index (χ1v) is 8.06. The maximum absolute atomic E-state index is 13.0. The first-order valence-electron chi connectivity index (χ1n) is 8.06. The molecule has 0 aliphatic carbocycles. The third-order valence-electron chi connectivity index (χ3n) is 4.60. The Labute approximate surface area is 139 Å². The lowest BCUT2D eigenvalue weighted by Crippen LogP contribution is -2.49. The number of likely N-dealkylation sites (tertiary alicyclic amines) is 1. The average molecular weight is 320 g/mol. The van der Waals surface area contributed by atoms with E-state index in [1.165, 1.54) is 12.1 Å². The summed E-state index contributed by atoms with van der Waals surface area (Å²) in [6, 6.07) is 16.4. The summed E-state index contributed by atoms with van der Waals surface area (Å²) in [6.45, 7) is 1.42. The van der Waals surface area contributed by atoms with Crippen molar-refractivity contribution in [3.63, 3.8) is 0 Å². The van der Waals surface area contributed by atoms with Crippen molar-refractivity contribution in [3.05, 3.63) is 77.7 Å². The van der Waals surface area contributed by atoms with E-state index in [1.807, 2.05) is 35.2 Å². The summed E-state index contributed by atoms with van der Waals surface area (Å²) >= 11 is 0. The second-order valence-corrected chi connectivity index (χ2v) is 6.25. The van der Waals surface area contributed by atoms with Crippen LogP contribution in [0.5, 0.6) is 0 Å².